The SMILES string of the molecule is CCC(=C(c1ccc(O)cc1)c1ccc(OCCN(C)C(=O)COCCNC(=O)[C@H](CC(C)C)NC(=O)[C@@H](O)[C@@H](Cc2ccccc2)NC(=O)OC(C)(C)C)cc1)c1ccccc1. The molecule has 0 bridgehead atoms. The maximum atomic E-state index is 13.4. The number of benzene rings is 4. The van der Waals surface area contributed by atoms with Crippen LogP contribution in [0.4, 0.5) is 4.79 Å². The second-order valence-electron chi connectivity index (χ2n) is 16.7. The molecule has 0 aromatic heterocycles. The molecule has 0 aliphatic carbocycles. The molecule has 13 heteroatoms. The van der Waals surface area contributed by atoms with Gasteiger partial charge in [0.1, 0.15) is 36.4 Å². The molecule has 63 heavy (non-hydrogen) atoms. The van der Waals surface area contributed by atoms with Crippen molar-refractivity contribution in [2.75, 3.05) is 40.0 Å². The monoisotopic (exact) mass is 864 g/mol. The van der Waals surface area contributed by atoms with Gasteiger partial charge in [0, 0.05) is 13.6 Å². The average Bonchev–Trinajstić information content (AvgIpc) is 3.25. The summed E-state index contributed by atoms with van der Waals surface area (Å²) in [5.41, 5.74) is 5.34. The number of rotatable bonds is 22. The number of aliphatic hydroxyl groups excluding tert-OH is 1. The van der Waals surface area contributed by atoms with Gasteiger partial charge >= 0.3 is 6.09 Å². The standard InChI is InChI=1S/C50H64N4O9/c1-8-41(36-17-13-10-14-18-36)45(37-19-23-39(55)24-20-37)38-21-25-40(26-22-38)62-30-28-54(7)44(56)33-61-29-27-51-47(58)43(31-34(2)3)52-48(59)46(57)42(32-35-15-11-9-12-16-35)53-49(60)63-50(4,5)6/h9-26,34,42-43,46,55,57H,8,27-33H2,1-7H3,(H,51,58)(H,52,59)(H,53,60)/t42-,43+,46+/m1/s1. The number of hydrogen-bond acceptors (Lipinski definition) is 9. The van der Waals surface area contributed by atoms with Gasteiger partial charge in [0.05, 0.1) is 19.2 Å². The average molecular weight is 865 g/mol. The molecule has 0 spiro atoms. The molecule has 0 saturated heterocycles. The van der Waals surface area contributed by atoms with Crippen LogP contribution < -0.4 is 20.7 Å². The van der Waals surface area contributed by atoms with Gasteiger partial charge in [-0.1, -0.05) is 106 Å². The number of carbonyl (C=O) groups is 4. The number of hydrogen-bond donors (Lipinski definition) is 5. The van der Waals surface area contributed by atoms with Gasteiger partial charge in [0.2, 0.25) is 11.8 Å². The Morgan fingerprint density at radius 1 is 0.762 bits per heavy atom. The Morgan fingerprint density at radius 2 is 1.37 bits per heavy atom. The number of phenolic OH excluding ortho intramolecular Hbond substituents is 1. The highest BCUT2D eigenvalue weighted by molar-refractivity contribution is 5.98. The number of ether oxygens (including phenoxy) is 3. The van der Waals surface area contributed by atoms with Crippen molar-refractivity contribution in [1.82, 2.24) is 20.9 Å². The molecule has 13 nitrogen and oxygen atoms in total. The summed E-state index contributed by atoms with van der Waals surface area (Å²) in [6.45, 7) is 11.5. The molecule has 4 aromatic rings. The third kappa shape index (κ3) is 16.6. The number of alkyl carbamates (subject to hydrolysis) is 1. The lowest BCUT2D eigenvalue weighted by atomic mass is 9.88. The molecule has 3 atom stereocenters. The van der Waals surface area contributed by atoms with E-state index >= 15 is 0 Å². The van der Waals surface area contributed by atoms with Gasteiger partial charge < -0.3 is 45.3 Å². The predicted octanol–water partition coefficient (Wildman–Crippen LogP) is 6.76. The molecule has 0 heterocycles. The van der Waals surface area contributed by atoms with Crippen LogP contribution in [0.5, 0.6) is 11.5 Å². The largest absolute Gasteiger partial charge is 0.508 e. The molecular weight excluding hydrogens is 801 g/mol. The molecule has 0 unspecified atom stereocenters. The molecule has 338 valence electrons. The van der Waals surface area contributed by atoms with E-state index in [1.165, 1.54) is 10.5 Å². The van der Waals surface area contributed by atoms with Crippen LogP contribution in [-0.2, 0) is 30.3 Å². The van der Waals surface area contributed by atoms with E-state index in [-0.39, 0.29) is 56.8 Å². The fourth-order valence-electron chi connectivity index (χ4n) is 6.80. The van der Waals surface area contributed by atoms with Crippen molar-refractivity contribution in [3.05, 3.63) is 131 Å². The zero-order chi connectivity index (χ0) is 45.9. The molecule has 0 saturated carbocycles. The zero-order valence-corrected chi connectivity index (χ0v) is 37.6. The summed E-state index contributed by atoms with van der Waals surface area (Å²) < 4.78 is 16.9. The van der Waals surface area contributed by atoms with E-state index in [1.54, 1.807) is 40.0 Å². The van der Waals surface area contributed by atoms with Gasteiger partial charge in [-0.05, 0) is 104 Å². The number of nitrogens with one attached hydrogen (secondary N) is 3. The van der Waals surface area contributed by atoms with Crippen LogP contribution in [0.25, 0.3) is 11.1 Å². The van der Waals surface area contributed by atoms with Crippen LogP contribution in [0, 0.1) is 5.92 Å². The molecule has 0 aliphatic heterocycles. The maximum absolute atomic E-state index is 13.4. The van der Waals surface area contributed by atoms with Crippen LogP contribution >= 0.6 is 0 Å². The molecule has 4 amide bonds. The second-order valence-corrected chi connectivity index (χ2v) is 16.7. The van der Waals surface area contributed by atoms with Crippen LogP contribution in [0.2, 0.25) is 0 Å². The second kappa shape index (κ2) is 24.5. The quantitative estimate of drug-likeness (QED) is 0.0423. The lowest BCUT2D eigenvalue weighted by Crippen LogP contribution is -2.56. The van der Waals surface area contributed by atoms with Crippen LogP contribution in [0.1, 0.15) is 76.6 Å². The van der Waals surface area contributed by atoms with Crippen molar-refractivity contribution in [2.45, 2.75) is 84.6 Å². The molecular formula is C50H64N4O9. The molecule has 4 rings (SSSR count). The minimum Gasteiger partial charge on any atom is -0.508 e. The van der Waals surface area contributed by atoms with Crippen molar-refractivity contribution in [2.24, 2.45) is 5.92 Å². The topological polar surface area (TPSA) is 176 Å². The lowest BCUT2D eigenvalue weighted by Gasteiger charge is -2.28. The molecule has 4 aromatic carbocycles. The van der Waals surface area contributed by atoms with E-state index in [4.69, 9.17) is 14.2 Å². The minimum absolute atomic E-state index is 0.0199. The zero-order valence-electron chi connectivity index (χ0n) is 37.6. The smallest absolute Gasteiger partial charge is 0.407 e. The Hall–Kier alpha value is -6.18. The third-order valence-corrected chi connectivity index (χ3v) is 9.96. The van der Waals surface area contributed by atoms with E-state index in [0.29, 0.717) is 12.3 Å². The molecule has 0 fully saturated rings. The fourth-order valence-corrected chi connectivity index (χ4v) is 6.80. The van der Waals surface area contributed by atoms with Crippen LogP contribution in [-0.4, -0.2) is 103 Å². The summed E-state index contributed by atoms with van der Waals surface area (Å²) in [6.07, 6.45) is -1.25. The Kier molecular flexibility index (Phi) is 19.2. The Labute approximate surface area is 371 Å². The highest BCUT2D eigenvalue weighted by atomic mass is 16.6. The van der Waals surface area contributed by atoms with Gasteiger partial charge in [-0.25, -0.2) is 4.79 Å². The number of allylic oxidation sites excluding steroid dienone is 1. The summed E-state index contributed by atoms with van der Waals surface area (Å²) in [7, 11) is 1.66. The van der Waals surface area contributed by atoms with Gasteiger partial charge in [-0.15, -0.1) is 0 Å². The highest BCUT2D eigenvalue weighted by Crippen LogP contribution is 2.35. The fraction of sp³-hybridized carbons (Fsp3) is 0.400. The first-order valence-corrected chi connectivity index (χ1v) is 21.5. The summed E-state index contributed by atoms with van der Waals surface area (Å²) in [6, 6.07) is 32.3. The van der Waals surface area contributed by atoms with Crippen molar-refractivity contribution < 1.29 is 43.6 Å². The van der Waals surface area contributed by atoms with Gasteiger partial charge in [-0.2, -0.15) is 0 Å². The first-order valence-electron chi connectivity index (χ1n) is 21.5. The van der Waals surface area contributed by atoms with E-state index in [2.05, 4.69) is 35.0 Å². The minimum atomic E-state index is -1.69. The first kappa shape index (κ1) is 49.5. The van der Waals surface area contributed by atoms with Crippen molar-refractivity contribution in [3.8, 4) is 11.5 Å². The number of carbonyl (C=O) groups excluding carboxylic acids is 4. The number of amides is 4. The maximum Gasteiger partial charge on any atom is 0.407 e. The molecule has 0 radical (unpaired) electrons. The van der Waals surface area contributed by atoms with Gasteiger partial charge in [0.15, 0.2) is 6.10 Å². The normalized spacial score (nSPS) is 13.2. The number of aliphatic hydroxyl groups is 1. The van der Waals surface area contributed by atoms with Crippen molar-refractivity contribution in [1.29, 1.82) is 0 Å². The summed E-state index contributed by atoms with van der Waals surface area (Å²) in [5.74, 6) is -0.683. The number of phenols is 1. The first-order chi connectivity index (χ1) is 30.0. The summed E-state index contributed by atoms with van der Waals surface area (Å²) in [4.78, 5) is 53.6. The van der Waals surface area contributed by atoms with E-state index < -0.39 is 41.7 Å². The summed E-state index contributed by atoms with van der Waals surface area (Å²) >= 11 is 0. The van der Waals surface area contributed by atoms with Crippen LogP contribution in [0.15, 0.2) is 109 Å². The highest BCUT2D eigenvalue weighted by Gasteiger charge is 2.32. The van der Waals surface area contributed by atoms with Gasteiger partial charge in [-0.3, -0.25) is 14.4 Å². The van der Waals surface area contributed by atoms with Crippen molar-refractivity contribution in [3.63, 3.8) is 0 Å². The van der Waals surface area contributed by atoms with Gasteiger partial charge in [0.25, 0.3) is 5.91 Å². The van der Waals surface area contributed by atoms with E-state index in [1.807, 2.05) is 98.8 Å². The number of nitrogens with zero attached hydrogens (tertiary/aromatic N) is 1. The van der Waals surface area contributed by atoms with E-state index in [9.17, 15) is 29.4 Å². The number of aromatic hydroxyl groups is 1. The van der Waals surface area contributed by atoms with E-state index in [0.717, 1.165) is 34.2 Å². The summed E-state index contributed by atoms with van der Waals surface area (Å²) in [5, 5.41) is 29.1. The lowest BCUT2D eigenvalue weighted by molar-refractivity contribution is -0.136. The predicted molar refractivity (Wildman–Crippen MR) is 245 cm³/mol. The molecule has 0 aliphatic rings. The molecule has 5 N–H and O–H groups in total. The Morgan fingerprint density at radius 3 is 1.95 bits per heavy atom. The third-order valence-electron chi connectivity index (χ3n) is 9.96. The Bertz CT molecular complexity index is 2080. The number of likely N-dealkylation sites (N-methyl/N-ethyl adjacent to an activating group) is 1. The van der Waals surface area contributed by atoms with Crippen LogP contribution in [0.3, 0.4) is 0 Å². The van der Waals surface area contributed by atoms with Crippen molar-refractivity contribution >= 4 is 35.0 Å². The Balaban J connectivity index is 1.24.